The Hall–Kier alpha value is -0.530. The Bertz CT molecular complexity index is 379. The third-order valence-corrected chi connectivity index (χ3v) is 3.76. The lowest BCUT2D eigenvalue weighted by atomic mass is 9.83. The summed E-state index contributed by atoms with van der Waals surface area (Å²) in [7, 11) is 4.02. The molecule has 0 N–H and O–H groups in total. The largest absolute Gasteiger partial charge is 0.290 e. The second-order valence-electron chi connectivity index (χ2n) is 6.07. The molecule has 1 atom stereocenters. The van der Waals surface area contributed by atoms with Crippen molar-refractivity contribution in [2.24, 2.45) is 0 Å². The van der Waals surface area contributed by atoms with E-state index in [2.05, 4.69) is 46.8 Å². The van der Waals surface area contributed by atoms with Gasteiger partial charge in [0, 0.05) is 0 Å². The van der Waals surface area contributed by atoms with Crippen LogP contribution in [-0.2, 0) is 5.41 Å². The molecule has 0 aliphatic heterocycles. The lowest BCUT2D eigenvalue weighted by Crippen LogP contribution is -2.18. The van der Waals surface area contributed by atoms with Gasteiger partial charge in [0.25, 0.3) is 0 Å². The number of halogens is 1. The Balaban J connectivity index is 3.29. The van der Waals surface area contributed by atoms with Crippen LogP contribution in [0.15, 0.2) is 12.1 Å². The van der Waals surface area contributed by atoms with Gasteiger partial charge in [-0.2, -0.15) is 0 Å². The number of rotatable bonds is 2. The molecular weight excluding hydrogens is 230 g/mol. The third-order valence-electron chi connectivity index (χ3n) is 3.15. The van der Waals surface area contributed by atoms with Gasteiger partial charge in [-0.3, -0.25) is 4.90 Å². The summed E-state index contributed by atoms with van der Waals surface area (Å²) in [5.74, 6) is 0. The van der Waals surface area contributed by atoms with Gasteiger partial charge in [-0.05, 0) is 55.6 Å². The smallest absolute Gasteiger partial charge is 0.111 e. The summed E-state index contributed by atoms with van der Waals surface area (Å²) in [6, 6.07) is 4.53. The molecular formula is C15H24ClN. The molecule has 0 fully saturated rings. The number of nitrogens with zero attached hydrogens (tertiary/aromatic N) is 1. The highest BCUT2D eigenvalue weighted by Gasteiger charge is 2.20. The molecule has 17 heavy (non-hydrogen) atoms. The van der Waals surface area contributed by atoms with Gasteiger partial charge in [-0.25, -0.2) is 0 Å². The van der Waals surface area contributed by atoms with E-state index >= 15 is 0 Å². The fourth-order valence-corrected chi connectivity index (χ4v) is 2.39. The molecule has 0 saturated heterocycles. The Morgan fingerprint density at radius 2 is 1.47 bits per heavy atom. The SMILES string of the molecule is Cc1cc(C(C)(C)C)cc(C)c1C(Cl)N(C)C. The zero-order chi connectivity index (χ0) is 13.4. The fourth-order valence-electron chi connectivity index (χ4n) is 2.04. The molecule has 0 heterocycles. The molecule has 1 rings (SSSR count). The van der Waals surface area contributed by atoms with E-state index in [0.717, 1.165) is 0 Å². The summed E-state index contributed by atoms with van der Waals surface area (Å²) in [6.07, 6.45) is 0. The highest BCUT2D eigenvalue weighted by molar-refractivity contribution is 6.20. The van der Waals surface area contributed by atoms with Crippen molar-refractivity contribution < 1.29 is 0 Å². The standard InChI is InChI=1S/C15H24ClN/c1-10-8-12(15(3,4)5)9-11(2)13(10)14(16)17(6)7/h8-9,14H,1-7H3. The summed E-state index contributed by atoms with van der Waals surface area (Å²) in [5, 5.41) is 0. The van der Waals surface area contributed by atoms with Crippen molar-refractivity contribution in [2.45, 2.75) is 45.5 Å². The molecule has 0 aliphatic rings. The maximum absolute atomic E-state index is 6.44. The first kappa shape index (κ1) is 14.5. The van der Waals surface area contributed by atoms with Gasteiger partial charge in [0.1, 0.15) is 5.50 Å². The van der Waals surface area contributed by atoms with Crippen LogP contribution < -0.4 is 0 Å². The van der Waals surface area contributed by atoms with Gasteiger partial charge in [0.15, 0.2) is 0 Å². The summed E-state index contributed by atoms with van der Waals surface area (Å²) in [5.41, 5.74) is 5.31. The zero-order valence-electron chi connectivity index (χ0n) is 12.1. The third kappa shape index (κ3) is 3.23. The minimum absolute atomic E-state index is 0.0518. The summed E-state index contributed by atoms with van der Waals surface area (Å²) in [4.78, 5) is 2.04. The van der Waals surface area contributed by atoms with E-state index in [1.807, 2.05) is 19.0 Å². The zero-order valence-corrected chi connectivity index (χ0v) is 12.8. The predicted octanol–water partition coefficient (Wildman–Crippen LogP) is 4.40. The molecule has 0 saturated carbocycles. The highest BCUT2D eigenvalue weighted by Crippen LogP contribution is 2.33. The molecule has 2 heteroatoms. The van der Waals surface area contributed by atoms with Gasteiger partial charge in [-0.1, -0.05) is 32.9 Å². The lowest BCUT2D eigenvalue weighted by Gasteiger charge is -2.26. The number of hydrogen-bond donors (Lipinski definition) is 0. The van der Waals surface area contributed by atoms with Crippen LogP contribution in [0.3, 0.4) is 0 Å². The van der Waals surface area contributed by atoms with Crippen LogP contribution in [-0.4, -0.2) is 19.0 Å². The quantitative estimate of drug-likeness (QED) is 0.558. The molecule has 0 aliphatic carbocycles. The number of hydrogen-bond acceptors (Lipinski definition) is 1. The first-order chi connectivity index (χ1) is 7.64. The average Bonchev–Trinajstić information content (AvgIpc) is 2.14. The normalized spacial score (nSPS) is 14.2. The van der Waals surface area contributed by atoms with Crippen molar-refractivity contribution in [3.8, 4) is 0 Å². The number of benzene rings is 1. The Morgan fingerprint density at radius 1 is 1.06 bits per heavy atom. The van der Waals surface area contributed by atoms with Gasteiger partial charge >= 0.3 is 0 Å². The van der Waals surface area contributed by atoms with E-state index in [4.69, 9.17) is 11.6 Å². The average molecular weight is 254 g/mol. The van der Waals surface area contributed by atoms with Gasteiger partial charge in [0.2, 0.25) is 0 Å². The molecule has 0 bridgehead atoms. The van der Waals surface area contributed by atoms with Crippen molar-refractivity contribution in [3.63, 3.8) is 0 Å². The van der Waals surface area contributed by atoms with E-state index in [1.54, 1.807) is 0 Å². The predicted molar refractivity (Wildman–Crippen MR) is 76.9 cm³/mol. The van der Waals surface area contributed by atoms with E-state index < -0.39 is 0 Å². The topological polar surface area (TPSA) is 3.24 Å². The number of aryl methyl sites for hydroxylation is 2. The van der Waals surface area contributed by atoms with Crippen molar-refractivity contribution in [2.75, 3.05) is 14.1 Å². The van der Waals surface area contributed by atoms with Crippen molar-refractivity contribution in [1.82, 2.24) is 4.90 Å². The van der Waals surface area contributed by atoms with Crippen molar-refractivity contribution in [3.05, 3.63) is 34.4 Å². The van der Waals surface area contributed by atoms with Crippen LogP contribution in [0, 0.1) is 13.8 Å². The van der Waals surface area contributed by atoms with Crippen LogP contribution >= 0.6 is 11.6 Å². The molecule has 1 nitrogen and oxygen atoms in total. The molecule has 0 spiro atoms. The summed E-state index contributed by atoms with van der Waals surface area (Å²) >= 11 is 6.44. The first-order valence-electron chi connectivity index (χ1n) is 6.06. The minimum Gasteiger partial charge on any atom is -0.290 e. The van der Waals surface area contributed by atoms with Gasteiger partial charge in [0.05, 0.1) is 0 Å². The second kappa shape index (κ2) is 4.99. The molecule has 0 amide bonds. The van der Waals surface area contributed by atoms with Crippen LogP contribution in [0.4, 0.5) is 0 Å². The molecule has 1 aromatic carbocycles. The molecule has 1 aromatic rings. The monoisotopic (exact) mass is 253 g/mol. The Kier molecular flexibility index (Phi) is 4.27. The highest BCUT2D eigenvalue weighted by atomic mass is 35.5. The first-order valence-corrected chi connectivity index (χ1v) is 6.50. The van der Waals surface area contributed by atoms with Gasteiger partial charge < -0.3 is 0 Å². The fraction of sp³-hybridized carbons (Fsp3) is 0.600. The number of alkyl halides is 1. The summed E-state index contributed by atoms with van der Waals surface area (Å²) in [6.45, 7) is 11.0. The summed E-state index contributed by atoms with van der Waals surface area (Å²) < 4.78 is 0. The van der Waals surface area contributed by atoms with E-state index in [-0.39, 0.29) is 10.9 Å². The van der Waals surface area contributed by atoms with Crippen LogP contribution in [0.1, 0.15) is 48.5 Å². The Labute approximate surface area is 111 Å². The van der Waals surface area contributed by atoms with Gasteiger partial charge in [-0.15, -0.1) is 11.6 Å². The second-order valence-corrected chi connectivity index (χ2v) is 6.49. The minimum atomic E-state index is -0.0518. The molecule has 1 unspecified atom stereocenters. The van der Waals surface area contributed by atoms with Crippen molar-refractivity contribution in [1.29, 1.82) is 0 Å². The molecule has 0 aromatic heterocycles. The lowest BCUT2D eigenvalue weighted by molar-refractivity contribution is 0.382. The van der Waals surface area contributed by atoms with E-state index in [0.29, 0.717) is 0 Å². The Morgan fingerprint density at radius 3 is 1.76 bits per heavy atom. The van der Waals surface area contributed by atoms with Crippen molar-refractivity contribution >= 4 is 11.6 Å². The molecule has 0 radical (unpaired) electrons. The van der Waals surface area contributed by atoms with Crippen LogP contribution in [0.5, 0.6) is 0 Å². The van der Waals surface area contributed by atoms with Crippen LogP contribution in [0.25, 0.3) is 0 Å². The van der Waals surface area contributed by atoms with Crippen LogP contribution in [0.2, 0.25) is 0 Å². The molecule has 96 valence electrons. The maximum Gasteiger partial charge on any atom is 0.111 e. The van der Waals surface area contributed by atoms with E-state index in [9.17, 15) is 0 Å². The maximum atomic E-state index is 6.44. The van der Waals surface area contributed by atoms with E-state index in [1.165, 1.54) is 22.3 Å².